The minimum atomic E-state index is 0.406. The minimum Gasteiger partial charge on any atom is -0.312 e. The monoisotopic (exact) mass is 250 g/mol. The molecule has 2 rings (SSSR count). The van der Waals surface area contributed by atoms with E-state index in [1.165, 1.54) is 19.3 Å². The Morgan fingerprint density at radius 3 is 2.67 bits per heavy atom. The molecule has 0 radical (unpaired) electrons. The summed E-state index contributed by atoms with van der Waals surface area (Å²) in [5.41, 5.74) is 0.406. The van der Waals surface area contributed by atoms with Gasteiger partial charge in [-0.25, -0.2) is 9.67 Å². The van der Waals surface area contributed by atoms with Crippen molar-refractivity contribution in [2.24, 2.45) is 5.41 Å². The van der Waals surface area contributed by atoms with Gasteiger partial charge in [-0.2, -0.15) is 5.10 Å². The highest BCUT2D eigenvalue weighted by Crippen LogP contribution is 2.41. The maximum absolute atomic E-state index is 4.60. The van der Waals surface area contributed by atoms with Crippen LogP contribution in [0.2, 0.25) is 0 Å². The molecule has 1 aromatic rings. The summed E-state index contributed by atoms with van der Waals surface area (Å²) in [6.07, 6.45) is 3.69. The molecule has 102 valence electrons. The van der Waals surface area contributed by atoms with Gasteiger partial charge in [0.25, 0.3) is 0 Å². The normalized spacial score (nSPS) is 27.4. The maximum Gasteiger partial charge on any atom is 0.147 e. The van der Waals surface area contributed by atoms with E-state index >= 15 is 0 Å². The lowest BCUT2D eigenvalue weighted by Gasteiger charge is -2.41. The third kappa shape index (κ3) is 2.74. The van der Waals surface area contributed by atoms with Crippen LogP contribution in [0.15, 0.2) is 0 Å². The van der Waals surface area contributed by atoms with Crippen LogP contribution in [0, 0.1) is 19.3 Å². The SMILES string of the molecule is CCNC1CCC(C)(C)CC1n1nc(C)nc1C. The summed E-state index contributed by atoms with van der Waals surface area (Å²) in [4.78, 5) is 4.45. The molecule has 1 saturated carbocycles. The Hall–Kier alpha value is -0.900. The molecule has 0 saturated heterocycles. The summed E-state index contributed by atoms with van der Waals surface area (Å²) < 4.78 is 2.14. The van der Waals surface area contributed by atoms with E-state index in [9.17, 15) is 0 Å². The van der Waals surface area contributed by atoms with Gasteiger partial charge in [0, 0.05) is 6.04 Å². The molecule has 18 heavy (non-hydrogen) atoms. The zero-order chi connectivity index (χ0) is 13.3. The molecule has 1 aliphatic rings. The lowest BCUT2D eigenvalue weighted by Crippen LogP contribution is -2.44. The second-order valence-corrected chi connectivity index (χ2v) is 6.29. The van der Waals surface area contributed by atoms with Gasteiger partial charge in [-0.3, -0.25) is 0 Å². The van der Waals surface area contributed by atoms with Crippen LogP contribution in [0.25, 0.3) is 0 Å². The lowest BCUT2D eigenvalue weighted by atomic mass is 9.73. The molecule has 0 bridgehead atoms. The Balaban J connectivity index is 2.27. The van der Waals surface area contributed by atoms with Crippen molar-refractivity contribution >= 4 is 0 Å². The summed E-state index contributed by atoms with van der Waals surface area (Å²) in [7, 11) is 0. The first kappa shape index (κ1) is 13.5. The van der Waals surface area contributed by atoms with Crippen LogP contribution in [-0.4, -0.2) is 27.4 Å². The molecule has 1 aromatic heterocycles. The number of nitrogens with zero attached hydrogens (tertiary/aromatic N) is 3. The topological polar surface area (TPSA) is 42.7 Å². The molecule has 1 aliphatic carbocycles. The van der Waals surface area contributed by atoms with E-state index in [0.717, 1.165) is 18.2 Å². The Kier molecular flexibility index (Phi) is 3.76. The molecule has 1 heterocycles. The van der Waals surface area contributed by atoms with Gasteiger partial charge in [0.1, 0.15) is 11.6 Å². The largest absolute Gasteiger partial charge is 0.312 e. The Labute approximate surface area is 110 Å². The third-order valence-electron chi connectivity index (χ3n) is 4.05. The van der Waals surface area contributed by atoms with Crippen LogP contribution in [0.4, 0.5) is 0 Å². The first-order valence-electron chi connectivity index (χ1n) is 7.06. The van der Waals surface area contributed by atoms with E-state index < -0.39 is 0 Å². The summed E-state index contributed by atoms with van der Waals surface area (Å²) >= 11 is 0. The highest BCUT2D eigenvalue weighted by molar-refractivity contribution is 4.97. The molecule has 0 aromatic carbocycles. The summed E-state index contributed by atoms with van der Waals surface area (Å²) in [6, 6.07) is 0.970. The van der Waals surface area contributed by atoms with Gasteiger partial charge >= 0.3 is 0 Å². The van der Waals surface area contributed by atoms with Gasteiger partial charge in [0.05, 0.1) is 6.04 Å². The molecular weight excluding hydrogens is 224 g/mol. The van der Waals surface area contributed by atoms with Crippen molar-refractivity contribution in [3.05, 3.63) is 11.6 Å². The number of hydrogen-bond donors (Lipinski definition) is 1. The maximum atomic E-state index is 4.60. The van der Waals surface area contributed by atoms with E-state index in [1.807, 2.05) is 6.92 Å². The van der Waals surface area contributed by atoms with E-state index in [4.69, 9.17) is 0 Å². The van der Waals surface area contributed by atoms with E-state index in [0.29, 0.717) is 17.5 Å². The van der Waals surface area contributed by atoms with Crippen LogP contribution in [0.1, 0.15) is 57.7 Å². The molecular formula is C14H26N4. The first-order chi connectivity index (χ1) is 8.43. The van der Waals surface area contributed by atoms with Gasteiger partial charge in [0.15, 0.2) is 0 Å². The third-order valence-corrected chi connectivity index (χ3v) is 4.05. The van der Waals surface area contributed by atoms with Crippen LogP contribution in [0.5, 0.6) is 0 Å². The van der Waals surface area contributed by atoms with Crippen molar-refractivity contribution < 1.29 is 0 Å². The number of likely N-dealkylation sites (N-methyl/N-ethyl adjacent to an activating group) is 1. The van der Waals surface area contributed by atoms with Crippen LogP contribution < -0.4 is 5.32 Å². The van der Waals surface area contributed by atoms with E-state index in [1.54, 1.807) is 0 Å². The van der Waals surface area contributed by atoms with Crippen molar-refractivity contribution in [2.45, 2.75) is 66.0 Å². The molecule has 2 atom stereocenters. The van der Waals surface area contributed by atoms with Crippen molar-refractivity contribution in [3.8, 4) is 0 Å². The Morgan fingerprint density at radius 1 is 1.39 bits per heavy atom. The molecule has 0 aliphatic heterocycles. The molecule has 1 N–H and O–H groups in total. The van der Waals surface area contributed by atoms with Gasteiger partial charge in [-0.15, -0.1) is 0 Å². The van der Waals surface area contributed by atoms with Gasteiger partial charge in [-0.1, -0.05) is 20.8 Å². The van der Waals surface area contributed by atoms with E-state index in [-0.39, 0.29) is 0 Å². The summed E-state index contributed by atoms with van der Waals surface area (Å²) in [5, 5.41) is 8.22. The number of nitrogens with one attached hydrogen (secondary N) is 1. The van der Waals surface area contributed by atoms with Crippen LogP contribution in [-0.2, 0) is 0 Å². The van der Waals surface area contributed by atoms with Crippen LogP contribution >= 0.6 is 0 Å². The lowest BCUT2D eigenvalue weighted by molar-refractivity contribution is 0.133. The zero-order valence-electron chi connectivity index (χ0n) is 12.3. The van der Waals surface area contributed by atoms with Gasteiger partial charge < -0.3 is 5.32 Å². The number of aromatic nitrogens is 3. The fourth-order valence-electron chi connectivity index (χ4n) is 3.16. The van der Waals surface area contributed by atoms with Crippen molar-refractivity contribution in [3.63, 3.8) is 0 Å². The van der Waals surface area contributed by atoms with Crippen molar-refractivity contribution in [1.82, 2.24) is 20.1 Å². The highest BCUT2D eigenvalue weighted by Gasteiger charge is 2.36. The van der Waals surface area contributed by atoms with Crippen molar-refractivity contribution in [1.29, 1.82) is 0 Å². The molecule has 1 fully saturated rings. The molecule has 4 nitrogen and oxygen atoms in total. The fourth-order valence-corrected chi connectivity index (χ4v) is 3.16. The second-order valence-electron chi connectivity index (χ2n) is 6.29. The quantitative estimate of drug-likeness (QED) is 0.896. The Morgan fingerprint density at radius 2 is 2.11 bits per heavy atom. The second kappa shape index (κ2) is 5.00. The minimum absolute atomic E-state index is 0.406. The summed E-state index contributed by atoms with van der Waals surface area (Å²) in [5.74, 6) is 1.92. The summed E-state index contributed by atoms with van der Waals surface area (Å²) in [6.45, 7) is 12.0. The van der Waals surface area contributed by atoms with Gasteiger partial charge in [0.2, 0.25) is 0 Å². The van der Waals surface area contributed by atoms with E-state index in [2.05, 4.69) is 47.8 Å². The number of rotatable bonds is 3. The number of aryl methyl sites for hydroxylation is 2. The molecule has 4 heteroatoms. The molecule has 0 amide bonds. The fraction of sp³-hybridized carbons (Fsp3) is 0.857. The average Bonchev–Trinajstić information content (AvgIpc) is 2.60. The van der Waals surface area contributed by atoms with Crippen molar-refractivity contribution in [2.75, 3.05) is 6.54 Å². The number of hydrogen-bond acceptors (Lipinski definition) is 3. The standard InChI is InChI=1S/C14H26N4/c1-6-15-12-7-8-14(4,5)9-13(12)18-11(3)16-10(2)17-18/h12-13,15H,6-9H2,1-5H3. The van der Waals surface area contributed by atoms with Gasteiger partial charge in [-0.05, 0) is 45.1 Å². The molecule has 2 unspecified atom stereocenters. The zero-order valence-corrected chi connectivity index (χ0v) is 12.3. The first-order valence-corrected chi connectivity index (χ1v) is 7.06. The highest BCUT2D eigenvalue weighted by atomic mass is 15.4. The van der Waals surface area contributed by atoms with Crippen LogP contribution in [0.3, 0.4) is 0 Å². The average molecular weight is 250 g/mol. The predicted octanol–water partition coefficient (Wildman–Crippen LogP) is 2.62. The Bertz CT molecular complexity index is 408. The molecule has 0 spiro atoms. The smallest absolute Gasteiger partial charge is 0.147 e. The predicted molar refractivity (Wildman–Crippen MR) is 73.6 cm³/mol.